The van der Waals surface area contributed by atoms with Crippen molar-refractivity contribution in [2.45, 2.75) is 39.0 Å². The second kappa shape index (κ2) is 8.50. The number of rotatable bonds is 7. The van der Waals surface area contributed by atoms with Crippen LogP contribution in [0.5, 0.6) is 5.75 Å². The first-order valence-electron chi connectivity index (χ1n) is 7.32. The van der Waals surface area contributed by atoms with E-state index in [-0.39, 0.29) is 18.3 Å². The fourth-order valence-corrected chi connectivity index (χ4v) is 1.65. The largest absolute Gasteiger partial charge is 0.508 e. The maximum Gasteiger partial charge on any atom is 0.339 e. The minimum Gasteiger partial charge on any atom is -0.508 e. The lowest BCUT2D eigenvalue weighted by Crippen LogP contribution is -2.39. The summed E-state index contributed by atoms with van der Waals surface area (Å²) in [5, 5.41) is 19.0. The molecule has 1 aromatic carbocycles. The lowest BCUT2D eigenvalue weighted by Gasteiger charge is -2.19. The molecule has 0 bridgehead atoms. The topological polar surface area (TPSA) is 119 Å². The van der Waals surface area contributed by atoms with Gasteiger partial charge in [0.25, 0.3) is 0 Å². The van der Waals surface area contributed by atoms with Crippen molar-refractivity contribution < 1.29 is 29.3 Å². The Morgan fingerprint density at radius 1 is 1.13 bits per heavy atom. The van der Waals surface area contributed by atoms with Gasteiger partial charge in [-0.2, -0.15) is 0 Å². The molecule has 0 aromatic heterocycles. The number of aromatic hydroxyl groups is 1. The number of aliphatic hydroxyl groups is 1. The molecule has 0 aliphatic heterocycles. The van der Waals surface area contributed by atoms with Crippen molar-refractivity contribution in [1.29, 1.82) is 0 Å². The molecule has 0 fully saturated rings. The molecule has 0 aliphatic carbocycles. The lowest BCUT2D eigenvalue weighted by molar-refractivity contribution is -0.164. The Kier molecular flexibility index (Phi) is 6.99. The molecular formula is C16H23NO6. The van der Waals surface area contributed by atoms with Gasteiger partial charge < -0.3 is 25.4 Å². The van der Waals surface area contributed by atoms with Gasteiger partial charge in [-0.25, -0.2) is 4.79 Å². The van der Waals surface area contributed by atoms with E-state index in [9.17, 15) is 14.7 Å². The van der Waals surface area contributed by atoms with Crippen molar-refractivity contribution in [2.75, 3.05) is 6.61 Å². The first-order chi connectivity index (χ1) is 10.7. The number of hydrogen-bond acceptors (Lipinski definition) is 7. The van der Waals surface area contributed by atoms with Gasteiger partial charge in [-0.15, -0.1) is 0 Å². The third-order valence-electron chi connectivity index (χ3n) is 3.20. The fraction of sp³-hybridized carbons (Fsp3) is 0.500. The summed E-state index contributed by atoms with van der Waals surface area (Å²) in [6.07, 6.45) is -2.15. The minimum atomic E-state index is -1.48. The number of ether oxygens (including phenoxy) is 2. The molecule has 2 unspecified atom stereocenters. The van der Waals surface area contributed by atoms with Crippen LogP contribution < -0.4 is 5.73 Å². The quantitative estimate of drug-likeness (QED) is 0.637. The summed E-state index contributed by atoms with van der Waals surface area (Å²) >= 11 is 0. The van der Waals surface area contributed by atoms with E-state index >= 15 is 0 Å². The standard InChI is InChI=1S/C16H23NO6/c1-9(2)13(17)15(20)23-10(3)8-22-16(21)14(19)11-4-6-12(18)7-5-11/h4-7,9-10,13-14,18-19H,8,17H2,1-3H3/t10?,13-,14?/m0/s1. The third kappa shape index (κ3) is 5.88. The Balaban J connectivity index is 2.46. The van der Waals surface area contributed by atoms with Crippen molar-refractivity contribution in [1.82, 2.24) is 0 Å². The summed E-state index contributed by atoms with van der Waals surface area (Å²) in [6, 6.07) is 4.78. The summed E-state index contributed by atoms with van der Waals surface area (Å²) in [6.45, 7) is 4.96. The molecule has 7 heteroatoms. The summed E-state index contributed by atoms with van der Waals surface area (Å²) in [5.74, 6) is -1.47. The first-order valence-corrected chi connectivity index (χ1v) is 7.32. The second-order valence-electron chi connectivity index (χ2n) is 5.64. The normalized spacial score (nSPS) is 14.9. The third-order valence-corrected chi connectivity index (χ3v) is 3.20. The molecule has 0 amide bonds. The lowest BCUT2D eigenvalue weighted by atomic mass is 10.1. The zero-order valence-electron chi connectivity index (χ0n) is 13.4. The van der Waals surface area contributed by atoms with Crippen molar-refractivity contribution in [3.05, 3.63) is 29.8 Å². The molecule has 0 spiro atoms. The predicted molar refractivity (Wildman–Crippen MR) is 82.4 cm³/mol. The zero-order valence-corrected chi connectivity index (χ0v) is 13.4. The smallest absolute Gasteiger partial charge is 0.339 e. The van der Waals surface area contributed by atoms with Crippen LogP contribution in [0.1, 0.15) is 32.4 Å². The summed E-state index contributed by atoms with van der Waals surface area (Å²) in [5.41, 5.74) is 5.95. The highest BCUT2D eigenvalue weighted by Gasteiger charge is 2.23. The van der Waals surface area contributed by atoms with Crippen LogP contribution in [0.25, 0.3) is 0 Å². The molecule has 4 N–H and O–H groups in total. The van der Waals surface area contributed by atoms with E-state index in [0.717, 1.165) is 0 Å². The van der Waals surface area contributed by atoms with Gasteiger partial charge in [-0.3, -0.25) is 4.79 Å². The van der Waals surface area contributed by atoms with Crippen LogP contribution in [0.4, 0.5) is 0 Å². The fourth-order valence-electron chi connectivity index (χ4n) is 1.65. The Labute approximate surface area is 135 Å². The maximum absolute atomic E-state index is 11.8. The summed E-state index contributed by atoms with van der Waals surface area (Å²) in [7, 11) is 0. The van der Waals surface area contributed by atoms with Gasteiger partial charge in [-0.05, 0) is 30.5 Å². The molecule has 7 nitrogen and oxygen atoms in total. The molecule has 0 heterocycles. The molecule has 0 aliphatic rings. The van der Waals surface area contributed by atoms with Crippen LogP contribution in [-0.2, 0) is 19.1 Å². The molecule has 0 saturated heterocycles. The molecule has 23 heavy (non-hydrogen) atoms. The van der Waals surface area contributed by atoms with Crippen LogP contribution in [0, 0.1) is 5.92 Å². The Morgan fingerprint density at radius 3 is 2.22 bits per heavy atom. The molecule has 128 valence electrons. The van der Waals surface area contributed by atoms with Gasteiger partial charge in [0.05, 0.1) is 0 Å². The number of aliphatic hydroxyl groups excluding tert-OH is 1. The van der Waals surface area contributed by atoms with E-state index in [1.165, 1.54) is 24.3 Å². The summed E-state index contributed by atoms with van der Waals surface area (Å²) in [4.78, 5) is 23.4. The van der Waals surface area contributed by atoms with Crippen molar-refractivity contribution in [2.24, 2.45) is 11.7 Å². The second-order valence-corrected chi connectivity index (χ2v) is 5.64. The van der Waals surface area contributed by atoms with Gasteiger partial charge >= 0.3 is 11.9 Å². The number of hydrogen-bond donors (Lipinski definition) is 3. The average Bonchev–Trinajstić information content (AvgIpc) is 2.51. The first kappa shape index (κ1) is 18.9. The number of esters is 2. The molecule has 0 saturated carbocycles. The van der Waals surface area contributed by atoms with Crippen molar-refractivity contribution in [3.8, 4) is 5.75 Å². The number of benzene rings is 1. The summed E-state index contributed by atoms with van der Waals surface area (Å²) < 4.78 is 9.99. The van der Waals surface area contributed by atoms with Crippen molar-refractivity contribution >= 4 is 11.9 Å². The van der Waals surface area contributed by atoms with E-state index in [0.29, 0.717) is 5.56 Å². The highest BCUT2D eigenvalue weighted by Crippen LogP contribution is 2.18. The predicted octanol–water partition coefficient (Wildman–Crippen LogP) is 0.884. The average molecular weight is 325 g/mol. The van der Waals surface area contributed by atoms with E-state index in [2.05, 4.69) is 0 Å². The Bertz CT molecular complexity index is 528. The van der Waals surface area contributed by atoms with Gasteiger partial charge in [0.15, 0.2) is 6.10 Å². The van der Waals surface area contributed by atoms with Crippen LogP contribution >= 0.6 is 0 Å². The van der Waals surface area contributed by atoms with E-state index in [1.807, 2.05) is 0 Å². The zero-order chi connectivity index (χ0) is 17.6. The van der Waals surface area contributed by atoms with Gasteiger partial charge in [0, 0.05) is 0 Å². The minimum absolute atomic E-state index is 0.0244. The van der Waals surface area contributed by atoms with E-state index < -0.39 is 30.2 Å². The molecule has 3 atom stereocenters. The van der Waals surface area contributed by atoms with Gasteiger partial charge in [0.1, 0.15) is 24.5 Å². The monoisotopic (exact) mass is 325 g/mol. The van der Waals surface area contributed by atoms with Crippen LogP contribution in [0.2, 0.25) is 0 Å². The molecule has 1 aromatic rings. The van der Waals surface area contributed by atoms with E-state index in [1.54, 1.807) is 20.8 Å². The highest BCUT2D eigenvalue weighted by molar-refractivity contribution is 5.77. The number of phenols is 1. The maximum atomic E-state index is 11.8. The highest BCUT2D eigenvalue weighted by atomic mass is 16.6. The number of carbonyl (C=O) groups is 2. The van der Waals surface area contributed by atoms with Crippen LogP contribution in [0.3, 0.4) is 0 Å². The van der Waals surface area contributed by atoms with Crippen molar-refractivity contribution in [3.63, 3.8) is 0 Å². The van der Waals surface area contributed by atoms with Crippen LogP contribution in [0.15, 0.2) is 24.3 Å². The molecule has 0 radical (unpaired) electrons. The van der Waals surface area contributed by atoms with Gasteiger partial charge in [0.2, 0.25) is 0 Å². The number of carbonyl (C=O) groups excluding carboxylic acids is 2. The Hall–Kier alpha value is -2.12. The number of phenolic OH excluding ortho intramolecular Hbond substituents is 1. The molecule has 1 rings (SSSR count). The Morgan fingerprint density at radius 2 is 1.70 bits per heavy atom. The number of nitrogens with two attached hydrogens (primary N) is 1. The SMILES string of the molecule is CC(COC(=O)C(O)c1ccc(O)cc1)OC(=O)[C@@H](N)C(C)C. The van der Waals surface area contributed by atoms with Gasteiger partial charge in [-0.1, -0.05) is 26.0 Å². The molecular weight excluding hydrogens is 302 g/mol. The van der Waals surface area contributed by atoms with E-state index in [4.69, 9.17) is 20.3 Å². The van der Waals surface area contributed by atoms with Crippen LogP contribution in [-0.4, -0.2) is 40.9 Å².